The van der Waals surface area contributed by atoms with E-state index in [4.69, 9.17) is 5.11 Å². The first kappa shape index (κ1) is 15.4. The third-order valence-electron chi connectivity index (χ3n) is 2.06. The molecule has 1 nitrogen and oxygen atoms in total. The predicted octanol–water partition coefficient (Wildman–Crippen LogP) is 3.46. The zero-order valence-electron chi connectivity index (χ0n) is 9.36. The summed E-state index contributed by atoms with van der Waals surface area (Å²) in [6.45, 7) is -0.321. The normalized spacial score (nSPS) is 11.9. The first-order chi connectivity index (χ1) is 8.64. The van der Waals surface area contributed by atoms with Crippen LogP contribution in [0.2, 0.25) is 0 Å². The maximum atomic E-state index is 12.5. The Morgan fingerprint density at radius 3 is 1.74 bits per heavy atom. The summed E-state index contributed by atoms with van der Waals surface area (Å²) < 4.78 is 74.8. The monoisotopic (exact) mass is 282 g/mol. The fourth-order valence-electron chi connectivity index (χ4n) is 1.25. The minimum absolute atomic E-state index is 0.0302. The minimum Gasteiger partial charge on any atom is -0.395 e. The van der Waals surface area contributed by atoms with Crippen molar-refractivity contribution in [3.05, 3.63) is 34.9 Å². The second kappa shape index (κ2) is 5.53. The highest BCUT2D eigenvalue weighted by Crippen LogP contribution is 2.36. The minimum atomic E-state index is -4.88. The Morgan fingerprint density at radius 1 is 0.895 bits per heavy atom. The van der Waals surface area contributed by atoms with Gasteiger partial charge in [-0.2, -0.15) is 26.3 Å². The van der Waals surface area contributed by atoms with Crippen LogP contribution in [-0.2, 0) is 12.4 Å². The van der Waals surface area contributed by atoms with Gasteiger partial charge < -0.3 is 5.11 Å². The van der Waals surface area contributed by atoms with Gasteiger partial charge in [0.25, 0.3) is 0 Å². The number of alkyl halides is 6. The quantitative estimate of drug-likeness (QED) is 0.618. The molecule has 104 valence electrons. The molecule has 0 aliphatic rings. The van der Waals surface area contributed by atoms with E-state index in [9.17, 15) is 26.3 Å². The molecule has 0 aromatic heterocycles. The average molecular weight is 282 g/mol. The number of aliphatic hydroxyl groups excluding tert-OH is 1. The molecule has 0 spiro atoms. The predicted molar refractivity (Wildman–Crippen MR) is 55.0 cm³/mol. The van der Waals surface area contributed by atoms with Crippen molar-refractivity contribution in [2.75, 3.05) is 6.61 Å². The summed E-state index contributed by atoms with van der Waals surface area (Å²) in [6.07, 6.45) is -9.79. The van der Waals surface area contributed by atoms with Gasteiger partial charge in [0.2, 0.25) is 0 Å². The first-order valence-corrected chi connectivity index (χ1v) is 5.04. The van der Waals surface area contributed by atoms with Crippen LogP contribution in [0, 0.1) is 11.8 Å². The van der Waals surface area contributed by atoms with E-state index in [2.05, 4.69) is 11.8 Å². The van der Waals surface area contributed by atoms with E-state index in [-0.39, 0.29) is 19.1 Å². The molecule has 0 amide bonds. The molecular weight excluding hydrogens is 274 g/mol. The Kier molecular flexibility index (Phi) is 4.48. The second-order valence-electron chi connectivity index (χ2n) is 3.57. The molecule has 0 radical (unpaired) electrons. The van der Waals surface area contributed by atoms with Gasteiger partial charge in [-0.15, -0.1) is 0 Å². The topological polar surface area (TPSA) is 20.2 Å². The van der Waals surface area contributed by atoms with Crippen LogP contribution in [-0.4, -0.2) is 11.7 Å². The number of aliphatic hydroxyl groups is 1. The Balaban J connectivity index is 3.30. The lowest BCUT2D eigenvalue weighted by molar-refractivity contribution is -0.143. The van der Waals surface area contributed by atoms with Gasteiger partial charge in [0.05, 0.1) is 17.7 Å². The lowest BCUT2D eigenvalue weighted by atomic mass is 10.0. The van der Waals surface area contributed by atoms with Crippen molar-refractivity contribution in [2.24, 2.45) is 0 Å². The Labute approximate surface area is 104 Å². The number of halogens is 6. The Morgan fingerprint density at radius 2 is 1.37 bits per heavy atom. The zero-order valence-corrected chi connectivity index (χ0v) is 9.36. The van der Waals surface area contributed by atoms with Crippen LogP contribution in [0.25, 0.3) is 0 Å². The van der Waals surface area contributed by atoms with E-state index in [0.717, 1.165) is 0 Å². The number of hydrogen-bond acceptors (Lipinski definition) is 1. The van der Waals surface area contributed by atoms with E-state index in [1.54, 1.807) is 0 Å². The SMILES string of the molecule is OCCC#Cc1cc(C(F)(F)F)cc(C(F)(F)F)c1. The van der Waals surface area contributed by atoms with Crippen molar-refractivity contribution < 1.29 is 31.4 Å². The molecule has 1 N–H and O–H groups in total. The van der Waals surface area contributed by atoms with Crippen molar-refractivity contribution >= 4 is 0 Å². The average Bonchev–Trinajstić information content (AvgIpc) is 2.27. The summed E-state index contributed by atoms with van der Waals surface area (Å²) in [4.78, 5) is 0. The molecule has 19 heavy (non-hydrogen) atoms. The van der Waals surface area contributed by atoms with E-state index >= 15 is 0 Å². The molecular formula is C12H8F6O. The summed E-state index contributed by atoms with van der Waals surface area (Å²) in [6, 6.07) is 1.12. The van der Waals surface area contributed by atoms with Crippen molar-refractivity contribution in [2.45, 2.75) is 18.8 Å². The van der Waals surface area contributed by atoms with Gasteiger partial charge in [0.15, 0.2) is 0 Å². The van der Waals surface area contributed by atoms with Crippen molar-refractivity contribution in [1.82, 2.24) is 0 Å². The van der Waals surface area contributed by atoms with Crippen LogP contribution < -0.4 is 0 Å². The second-order valence-corrected chi connectivity index (χ2v) is 3.57. The van der Waals surface area contributed by atoms with Crippen LogP contribution in [0.5, 0.6) is 0 Å². The first-order valence-electron chi connectivity index (χ1n) is 5.04. The smallest absolute Gasteiger partial charge is 0.395 e. The largest absolute Gasteiger partial charge is 0.416 e. The van der Waals surface area contributed by atoms with Gasteiger partial charge in [-0.3, -0.25) is 0 Å². The summed E-state index contributed by atoms with van der Waals surface area (Å²) >= 11 is 0. The Hall–Kier alpha value is -1.68. The van der Waals surface area contributed by atoms with Crippen LogP contribution in [0.4, 0.5) is 26.3 Å². The summed E-state index contributed by atoms with van der Waals surface area (Å²) in [5, 5.41) is 8.45. The molecule has 0 heterocycles. The highest BCUT2D eigenvalue weighted by atomic mass is 19.4. The molecule has 0 saturated carbocycles. The molecule has 0 bridgehead atoms. The zero-order chi connectivity index (χ0) is 14.7. The number of hydrogen-bond donors (Lipinski definition) is 1. The maximum absolute atomic E-state index is 12.5. The van der Waals surface area contributed by atoms with Gasteiger partial charge in [0.1, 0.15) is 0 Å². The fourth-order valence-corrected chi connectivity index (χ4v) is 1.25. The maximum Gasteiger partial charge on any atom is 0.416 e. The van der Waals surface area contributed by atoms with Gasteiger partial charge in [-0.05, 0) is 18.2 Å². The van der Waals surface area contributed by atoms with Crippen molar-refractivity contribution in [3.8, 4) is 11.8 Å². The number of benzene rings is 1. The third-order valence-corrected chi connectivity index (χ3v) is 2.06. The molecule has 0 fully saturated rings. The highest BCUT2D eigenvalue weighted by Gasteiger charge is 2.36. The molecule has 0 saturated heterocycles. The van der Waals surface area contributed by atoms with Crippen LogP contribution in [0.3, 0.4) is 0 Å². The van der Waals surface area contributed by atoms with E-state index in [1.807, 2.05) is 0 Å². The van der Waals surface area contributed by atoms with Gasteiger partial charge in [-0.25, -0.2) is 0 Å². The fraction of sp³-hybridized carbons (Fsp3) is 0.333. The lowest BCUT2D eigenvalue weighted by Crippen LogP contribution is -2.11. The standard InChI is InChI=1S/C12H8F6O/c13-11(14,15)9-5-8(3-1-2-4-19)6-10(7-9)12(16,17)18/h5-7,19H,2,4H2. The van der Waals surface area contributed by atoms with E-state index in [0.29, 0.717) is 12.1 Å². The molecule has 0 atom stereocenters. The third kappa shape index (κ3) is 4.48. The van der Waals surface area contributed by atoms with Crippen molar-refractivity contribution in [1.29, 1.82) is 0 Å². The molecule has 7 heteroatoms. The van der Waals surface area contributed by atoms with E-state index < -0.39 is 29.0 Å². The van der Waals surface area contributed by atoms with Crippen LogP contribution in [0.1, 0.15) is 23.1 Å². The summed E-state index contributed by atoms with van der Waals surface area (Å²) in [7, 11) is 0. The lowest BCUT2D eigenvalue weighted by Gasteiger charge is -2.12. The Bertz CT molecular complexity index is 471. The van der Waals surface area contributed by atoms with Gasteiger partial charge >= 0.3 is 12.4 Å². The van der Waals surface area contributed by atoms with Gasteiger partial charge in [-0.1, -0.05) is 11.8 Å². The summed E-state index contributed by atoms with van der Waals surface area (Å²) in [5.74, 6) is 4.43. The van der Waals surface area contributed by atoms with Crippen LogP contribution in [0.15, 0.2) is 18.2 Å². The number of rotatable bonds is 1. The molecule has 0 aliphatic carbocycles. The van der Waals surface area contributed by atoms with Gasteiger partial charge in [0, 0.05) is 12.0 Å². The molecule has 1 aromatic carbocycles. The summed E-state index contributed by atoms with van der Waals surface area (Å²) in [5.41, 5.74) is -3.21. The van der Waals surface area contributed by atoms with Crippen molar-refractivity contribution in [3.63, 3.8) is 0 Å². The molecule has 0 unspecified atom stereocenters. The van der Waals surface area contributed by atoms with Crippen LogP contribution >= 0.6 is 0 Å². The highest BCUT2D eigenvalue weighted by molar-refractivity contribution is 5.42. The molecule has 0 aliphatic heterocycles. The van der Waals surface area contributed by atoms with E-state index in [1.165, 1.54) is 0 Å². The molecule has 1 aromatic rings. The molecule has 1 rings (SSSR count).